The number of fused-ring (bicyclic) bond motifs is 1. The maximum absolute atomic E-state index is 12.8. The van der Waals surface area contributed by atoms with Crippen LogP contribution in [0.4, 0.5) is 5.69 Å². The van der Waals surface area contributed by atoms with Crippen molar-refractivity contribution in [2.75, 3.05) is 5.32 Å². The predicted molar refractivity (Wildman–Crippen MR) is 100 cm³/mol. The Balaban J connectivity index is 1.52. The number of hydrogen-bond acceptors (Lipinski definition) is 5. The van der Waals surface area contributed by atoms with Crippen LogP contribution in [0.1, 0.15) is 22.8 Å². The van der Waals surface area contributed by atoms with Gasteiger partial charge in [-0.3, -0.25) is 4.79 Å². The second-order valence-corrected chi connectivity index (χ2v) is 7.22. The van der Waals surface area contributed by atoms with Crippen molar-refractivity contribution >= 4 is 28.9 Å². The molecule has 3 aromatic rings. The van der Waals surface area contributed by atoms with Gasteiger partial charge in [0.05, 0.1) is 5.56 Å². The van der Waals surface area contributed by atoms with E-state index in [-0.39, 0.29) is 5.91 Å². The molecule has 6 heteroatoms. The molecular weight excluding hydrogens is 348 g/mol. The number of aromatic nitrogens is 1. The van der Waals surface area contributed by atoms with E-state index < -0.39 is 11.6 Å². The molecule has 1 N–H and O–H groups in total. The van der Waals surface area contributed by atoms with E-state index in [4.69, 9.17) is 4.74 Å². The van der Waals surface area contributed by atoms with Gasteiger partial charge in [0.1, 0.15) is 5.01 Å². The number of benzene rings is 2. The van der Waals surface area contributed by atoms with Crippen molar-refractivity contribution in [2.24, 2.45) is 0 Å². The molecule has 0 saturated carbocycles. The van der Waals surface area contributed by atoms with Crippen LogP contribution in [-0.2, 0) is 16.0 Å². The fourth-order valence-electron chi connectivity index (χ4n) is 2.98. The Kier molecular flexibility index (Phi) is 4.05. The lowest BCUT2D eigenvalue weighted by Crippen LogP contribution is -2.48. The molecule has 2 aromatic carbocycles. The first-order chi connectivity index (χ1) is 12.5. The second kappa shape index (κ2) is 6.38. The van der Waals surface area contributed by atoms with E-state index in [2.05, 4.69) is 10.3 Å². The molecule has 0 bridgehead atoms. The summed E-state index contributed by atoms with van der Waals surface area (Å²) in [6.07, 6.45) is 2.10. The number of cyclic esters (lactones) is 1. The van der Waals surface area contributed by atoms with E-state index in [0.717, 1.165) is 16.1 Å². The summed E-state index contributed by atoms with van der Waals surface area (Å²) in [4.78, 5) is 29.3. The van der Waals surface area contributed by atoms with Gasteiger partial charge in [-0.1, -0.05) is 18.2 Å². The summed E-state index contributed by atoms with van der Waals surface area (Å²) >= 11 is 1.56. The maximum atomic E-state index is 12.8. The third kappa shape index (κ3) is 2.99. The molecule has 1 aromatic heterocycles. The highest BCUT2D eigenvalue weighted by Gasteiger charge is 2.42. The lowest BCUT2D eigenvalue weighted by atomic mass is 9.89. The number of carbonyl (C=O) groups is 2. The summed E-state index contributed by atoms with van der Waals surface area (Å²) in [5.74, 6) is -0.814. The molecule has 5 nitrogen and oxygen atoms in total. The average molecular weight is 364 g/mol. The van der Waals surface area contributed by atoms with Crippen LogP contribution < -0.4 is 5.32 Å². The van der Waals surface area contributed by atoms with Crippen LogP contribution in [-0.4, -0.2) is 22.5 Å². The number of amides is 1. The Morgan fingerprint density at radius 1 is 1.19 bits per heavy atom. The van der Waals surface area contributed by atoms with Crippen LogP contribution in [0, 0.1) is 0 Å². The van der Waals surface area contributed by atoms with Crippen LogP contribution in [0.15, 0.2) is 60.1 Å². The van der Waals surface area contributed by atoms with Crippen molar-refractivity contribution < 1.29 is 14.3 Å². The fourth-order valence-corrected chi connectivity index (χ4v) is 3.63. The molecule has 0 radical (unpaired) electrons. The van der Waals surface area contributed by atoms with Crippen LogP contribution in [0.5, 0.6) is 0 Å². The number of thiazole rings is 1. The number of esters is 1. The lowest BCUT2D eigenvalue weighted by Gasteiger charge is -2.33. The quantitative estimate of drug-likeness (QED) is 0.715. The van der Waals surface area contributed by atoms with Crippen molar-refractivity contribution in [3.63, 3.8) is 0 Å². The minimum absolute atomic E-state index is 0.345. The standard InChI is InChI=1S/C20H16N2O3S/c1-20(12-14-4-2-3-5-16(14)18(23)25-20)19(24)22-15-8-6-13(7-9-15)17-21-10-11-26-17/h2-11H,12H2,1H3,(H,22,24)/t20-/m1/s1. The van der Waals surface area contributed by atoms with Gasteiger partial charge >= 0.3 is 5.97 Å². The molecule has 1 atom stereocenters. The van der Waals surface area contributed by atoms with Crippen LogP contribution in [0.25, 0.3) is 10.6 Å². The molecule has 0 spiro atoms. The summed E-state index contributed by atoms with van der Waals surface area (Å²) in [6, 6.07) is 14.6. The number of anilines is 1. The monoisotopic (exact) mass is 364 g/mol. The minimum Gasteiger partial charge on any atom is -0.445 e. The van der Waals surface area contributed by atoms with E-state index >= 15 is 0 Å². The number of nitrogens with one attached hydrogen (secondary N) is 1. The predicted octanol–water partition coefficient (Wildman–Crippen LogP) is 3.92. The number of rotatable bonds is 3. The van der Waals surface area contributed by atoms with E-state index in [1.165, 1.54) is 0 Å². The lowest BCUT2D eigenvalue weighted by molar-refractivity contribution is -0.134. The Morgan fingerprint density at radius 2 is 1.96 bits per heavy atom. The van der Waals surface area contributed by atoms with Crippen LogP contribution in [0.3, 0.4) is 0 Å². The Bertz CT molecular complexity index is 967. The number of ether oxygens (including phenoxy) is 1. The van der Waals surface area contributed by atoms with Gasteiger partial charge in [-0.15, -0.1) is 11.3 Å². The number of nitrogens with zero attached hydrogens (tertiary/aromatic N) is 1. The molecule has 0 saturated heterocycles. The van der Waals surface area contributed by atoms with Crippen molar-refractivity contribution in [3.05, 3.63) is 71.2 Å². The van der Waals surface area contributed by atoms with Gasteiger partial charge in [-0.25, -0.2) is 9.78 Å². The Morgan fingerprint density at radius 3 is 2.69 bits per heavy atom. The summed E-state index contributed by atoms with van der Waals surface area (Å²) in [5.41, 5.74) is 1.74. The molecule has 0 fully saturated rings. The molecule has 0 unspecified atom stereocenters. The van der Waals surface area contributed by atoms with E-state index in [1.807, 2.05) is 41.8 Å². The molecule has 26 heavy (non-hydrogen) atoms. The highest BCUT2D eigenvalue weighted by molar-refractivity contribution is 7.13. The van der Waals surface area contributed by atoms with Gasteiger partial charge in [0, 0.05) is 29.2 Å². The summed E-state index contributed by atoms with van der Waals surface area (Å²) in [5, 5.41) is 5.68. The largest absolute Gasteiger partial charge is 0.445 e. The summed E-state index contributed by atoms with van der Waals surface area (Å²) in [7, 11) is 0. The van der Waals surface area contributed by atoms with Crippen LogP contribution in [0.2, 0.25) is 0 Å². The van der Waals surface area contributed by atoms with E-state index in [1.54, 1.807) is 36.6 Å². The van der Waals surface area contributed by atoms with Crippen molar-refractivity contribution in [2.45, 2.75) is 18.9 Å². The molecule has 130 valence electrons. The van der Waals surface area contributed by atoms with E-state index in [9.17, 15) is 9.59 Å². The van der Waals surface area contributed by atoms with Gasteiger partial charge in [-0.05, 0) is 42.8 Å². The van der Waals surface area contributed by atoms with Crippen molar-refractivity contribution in [1.29, 1.82) is 0 Å². The smallest absolute Gasteiger partial charge is 0.339 e. The summed E-state index contributed by atoms with van der Waals surface area (Å²) in [6.45, 7) is 1.64. The number of hydrogen-bond donors (Lipinski definition) is 1. The first-order valence-electron chi connectivity index (χ1n) is 8.18. The molecule has 0 aliphatic carbocycles. The Hall–Kier alpha value is -2.99. The van der Waals surface area contributed by atoms with Gasteiger partial charge < -0.3 is 10.1 Å². The Labute approximate surface area is 154 Å². The number of carbonyl (C=O) groups excluding carboxylic acids is 2. The fraction of sp³-hybridized carbons (Fsp3) is 0.150. The van der Waals surface area contributed by atoms with Gasteiger partial charge in [-0.2, -0.15) is 0 Å². The van der Waals surface area contributed by atoms with Gasteiger partial charge in [0.2, 0.25) is 0 Å². The zero-order chi connectivity index (χ0) is 18.1. The minimum atomic E-state index is -1.24. The topological polar surface area (TPSA) is 68.3 Å². The van der Waals surface area contributed by atoms with Crippen molar-refractivity contribution in [1.82, 2.24) is 4.98 Å². The third-order valence-electron chi connectivity index (χ3n) is 4.39. The molecule has 4 rings (SSSR count). The van der Waals surface area contributed by atoms with E-state index in [0.29, 0.717) is 17.7 Å². The zero-order valence-corrected chi connectivity index (χ0v) is 14.9. The maximum Gasteiger partial charge on any atom is 0.339 e. The first-order valence-corrected chi connectivity index (χ1v) is 9.06. The molecular formula is C20H16N2O3S. The SMILES string of the molecule is C[C@]1(C(=O)Nc2ccc(-c3nccs3)cc2)Cc2ccccc2C(=O)O1. The zero-order valence-electron chi connectivity index (χ0n) is 14.1. The van der Waals surface area contributed by atoms with Gasteiger partial charge in [0.25, 0.3) is 5.91 Å². The normalized spacial score (nSPS) is 18.7. The van der Waals surface area contributed by atoms with Crippen molar-refractivity contribution in [3.8, 4) is 10.6 Å². The average Bonchev–Trinajstić information content (AvgIpc) is 3.17. The highest BCUT2D eigenvalue weighted by atomic mass is 32.1. The first kappa shape index (κ1) is 16.5. The molecule has 1 aliphatic heterocycles. The molecule has 1 aliphatic rings. The highest BCUT2D eigenvalue weighted by Crippen LogP contribution is 2.30. The summed E-state index contributed by atoms with van der Waals surface area (Å²) < 4.78 is 5.46. The van der Waals surface area contributed by atoms with Gasteiger partial charge in [0.15, 0.2) is 5.60 Å². The third-order valence-corrected chi connectivity index (χ3v) is 5.21. The molecule has 2 heterocycles. The molecule has 1 amide bonds. The van der Waals surface area contributed by atoms with Crippen LogP contribution >= 0.6 is 11.3 Å². The second-order valence-electron chi connectivity index (χ2n) is 6.32.